The summed E-state index contributed by atoms with van der Waals surface area (Å²) in [5, 5.41) is 7.17. The normalized spacial score (nSPS) is 12.6. The van der Waals surface area contributed by atoms with Crippen molar-refractivity contribution in [3.8, 4) is 0 Å². The van der Waals surface area contributed by atoms with Crippen molar-refractivity contribution in [2.24, 2.45) is 0 Å². The minimum Gasteiger partial charge on any atom is -0.310 e. The van der Waals surface area contributed by atoms with Crippen LogP contribution in [0.2, 0.25) is 10.0 Å². The Hall–Kier alpha value is -0.540. The molecule has 0 amide bonds. The summed E-state index contributed by atoms with van der Waals surface area (Å²) < 4.78 is 0. The summed E-state index contributed by atoms with van der Waals surface area (Å²) in [5.74, 6) is 0. The lowest BCUT2D eigenvalue weighted by molar-refractivity contribution is 0.499. The molecule has 0 fully saturated rings. The first kappa shape index (κ1) is 15.8. The first-order chi connectivity index (χ1) is 9.70. The third-order valence-corrected chi connectivity index (χ3v) is 4.80. The van der Waals surface area contributed by atoms with Crippen molar-refractivity contribution in [1.29, 1.82) is 0 Å². The Bertz CT molecular complexity index is 525. The molecule has 1 unspecified atom stereocenters. The highest BCUT2D eigenvalue weighted by Crippen LogP contribution is 2.29. The molecule has 4 heteroatoms. The number of hydrogen-bond donors (Lipinski definition) is 1. The average molecular weight is 328 g/mol. The predicted molar refractivity (Wildman–Crippen MR) is 90.1 cm³/mol. The van der Waals surface area contributed by atoms with E-state index in [9.17, 15) is 0 Å². The van der Waals surface area contributed by atoms with Crippen molar-refractivity contribution < 1.29 is 0 Å². The predicted octanol–water partition coefficient (Wildman–Crippen LogP) is 5.73. The van der Waals surface area contributed by atoms with Crippen LogP contribution in [0.15, 0.2) is 35.7 Å². The van der Waals surface area contributed by atoms with Crippen LogP contribution in [0.25, 0.3) is 0 Å². The quantitative estimate of drug-likeness (QED) is 0.684. The molecule has 0 saturated heterocycles. The van der Waals surface area contributed by atoms with E-state index >= 15 is 0 Å². The van der Waals surface area contributed by atoms with E-state index in [4.69, 9.17) is 23.2 Å². The van der Waals surface area contributed by atoms with Crippen LogP contribution in [0.4, 0.5) is 0 Å². The van der Waals surface area contributed by atoms with Crippen molar-refractivity contribution in [3.05, 3.63) is 56.2 Å². The molecule has 1 aromatic heterocycles. The molecule has 108 valence electrons. The number of rotatable bonds is 7. The van der Waals surface area contributed by atoms with Gasteiger partial charge in [-0.2, -0.15) is 0 Å². The van der Waals surface area contributed by atoms with Gasteiger partial charge in [-0.1, -0.05) is 36.2 Å². The Morgan fingerprint density at radius 3 is 2.80 bits per heavy atom. The summed E-state index contributed by atoms with van der Waals surface area (Å²) in [6.45, 7) is 3.04. The Kier molecular flexibility index (Phi) is 6.37. The topological polar surface area (TPSA) is 12.0 Å². The Balaban J connectivity index is 2.00. The Labute approximate surface area is 134 Å². The fourth-order valence-corrected chi connectivity index (χ4v) is 3.51. The van der Waals surface area contributed by atoms with Gasteiger partial charge in [0.05, 0.1) is 0 Å². The largest absolute Gasteiger partial charge is 0.310 e. The van der Waals surface area contributed by atoms with Crippen LogP contribution < -0.4 is 5.32 Å². The minimum atomic E-state index is 0.270. The average Bonchev–Trinajstić information content (AvgIpc) is 2.94. The van der Waals surface area contributed by atoms with Crippen LogP contribution in [0, 0.1) is 0 Å². The molecule has 2 rings (SSSR count). The minimum absolute atomic E-state index is 0.270. The third kappa shape index (κ3) is 4.49. The van der Waals surface area contributed by atoms with Crippen LogP contribution in [0.3, 0.4) is 0 Å². The highest BCUT2D eigenvalue weighted by Gasteiger charge is 2.14. The van der Waals surface area contributed by atoms with Gasteiger partial charge in [-0.05, 0) is 61.0 Å². The van der Waals surface area contributed by atoms with E-state index in [1.165, 1.54) is 4.88 Å². The monoisotopic (exact) mass is 327 g/mol. The first-order valence-corrected chi connectivity index (χ1v) is 8.55. The van der Waals surface area contributed by atoms with Gasteiger partial charge in [-0.25, -0.2) is 0 Å². The molecule has 1 aromatic carbocycles. The highest BCUT2D eigenvalue weighted by atomic mass is 35.5. The molecule has 1 nitrogen and oxygen atoms in total. The van der Waals surface area contributed by atoms with Gasteiger partial charge in [0, 0.05) is 21.0 Å². The van der Waals surface area contributed by atoms with Crippen LogP contribution in [-0.2, 0) is 6.42 Å². The van der Waals surface area contributed by atoms with Gasteiger partial charge < -0.3 is 5.32 Å². The number of thiophene rings is 1. The van der Waals surface area contributed by atoms with Crippen molar-refractivity contribution in [3.63, 3.8) is 0 Å². The summed E-state index contributed by atoms with van der Waals surface area (Å²) in [6.07, 6.45) is 3.32. The van der Waals surface area contributed by atoms with E-state index in [0.717, 1.165) is 41.4 Å². The van der Waals surface area contributed by atoms with E-state index in [2.05, 4.69) is 29.8 Å². The zero-order valence-electron chi connectivity index (χ0n) is 11.5. The van der Waals surface area contributed by atoms with E-state index < -0.39 is 0 Å². The maximum absolute atomic E-state index is 6.31. The molecule has 0 saturated carbocycles. The summed E-state index contributed by atoms with van der Waals surface area (Å²) in [6, 6.07) is 10.3. The highest BCUT2D eigenvalue weighted by molar-refractivity contribution is 7.09. The van der Waals surface area contributed by atoms with Gasteiger partial charge in [0.2, 0.25) is 0 Å². The fourth-order valence-electron chi connectivity index (χ4n) is 2.33. The van der Waals surface area contributed by atoms with E-state index in [1.54, 1.807) is 0 Å². The van der Waals surface area contributed by atoms with Gasteiger partial charge in [0.25, 0.3) is 0 Å². The second-order valence-electron chi connectivity index (χ2n) is 4.75. The lowest BCUT2D eigenvalue weighted by Gasteiger charge is -2.19. The van der Waals surface area contributed by atoms with Crippen molar-refractivity contribution in [2.75, 3.05) is 6.54 Å². The molecule has 0 aliphatic carbocycles. The molecular weight excluding hydrogens is 309 g/mol. The zero-order valence-corrected chi connectivity index (χ0v) is 13.9. The van der Waals surface area contributed by atoms with Crippen LogP contribution in [0.5, 0.6) is 0 Å². The molecular formula is C16H19Cl2NS. The maximum atomic E-state index is 6.31. The molecule has 0 aliphatic heterocycles. The van der Waals surface area contributed by atoms with Crippen LogP contribution in [-0.4, -0.2) is 6.54 Å². The zero-order chi connectivity index (χ0) is 14.4. The Morgan fingerprint density at radius 2 is 2.10 bits per heavy atom. The van der Waals surface area contributed by atoms with Crippen LogP contribution in [0.1, 0.15) is 36.2 Å². The summed E-state index contributed by atoms with van der Waals surface area (Å²) in [7, 11) is 0. The lowest BCUT2D eigenvalue weighted by atomic mass is 10.0. The molecule has 2 aromatic rings. The number of hydrogen-bond acceptors (Lipinski definition) is 2. The van der Waals surface area contributed by atoms with Gasteiger partial charge in [-0.3, -0.25) is 0 Å². The second-order valence-corrected chi connectivity index (χ2v) is 6.62. The summed E-state index contributed by atoms with van der Waals surface area (Å²) >= 11 is 14.2. The smallest absolute Gasteiger partial charge is 0.0454 e. The number of benzene rings is 1. The molecule has 0 spiro atoms. The summed E-state index contributed by atoms with van der Waals surface area (Å²) in [4.78, 5) is 1.44. The molecule has 0 radical (unpaired) electrons. The molecule has 1 atom stereocenters. The number of halogens is 2. The fraction of sp³-hybridized carbons (Fsp3) is 0.375. The van der Waals surface area contributed by atoms with Gasteiger partial charge in [0.1, 0.15) is 0 Å². The lowest BCUT2D eigenvalue weighted by Crippen LogP contribution is -2.21. The molecule has 1 N–H and O–H groups in total. The van der Waals surface area contributed by atoms with Crippen LogP contribution >= 0.6 is 34.5 Å². The van der Waals surface area contributed by atoms with Crippen molar-refractivity contribution >= 4 is 34.5 Å². The van der Waals surface area contributed by atoms with E-state index in [1.807, 2.05) is 29.5 Å². The standard InChI is InChI=1S/C16H19Cl2NS/c1-2-19-16(7-3-5-13-6-4-10-20-13)14-11-12(17)8-9-15(14)18/h4,6,8-11,16,19H,2-3,5,7H2,1H3. The SMILES string of the molecule is CCNC(CCCc1cccs1)c1cc(Cl)ccc1Cl. The van der Waals surface area contributed by atoms with E-state index in [-0.39, 0.29) is 6.04 Å². The number of aryl methyl sites for hydroxylation is 1. The molecule has 0 bridgehead atoms. The maximum Gasteiger partial charge on any atom is 0.0454 e. The van der Waals surface area contributed by atoms with Crippen molar-refractivity contribution in [2.45, 2.75) is 32.2 Å². The summed E-state index contributed by atoms with van der Waals surface area (Å²) in [5.41, 5.74) is 1.10. The number of nitrogens with one attached hydrogen (secondary N) is 1. The van der Waals surface area contributed by atoms with Gasteiger partial charge in [-0.15, -0.1) is 11.3 Å². The van der Waals surface area contributed by atoms with Gasteiger partial charge >= 0.3 is 0 Å². The molecule has 20 heavy (non-hydrogen) atoms. The molecule has 0 aliphatic rings. The third-order valence-electron chi connectivity index (χ3n) is 3.28. The Morgan fingerprint density at radius 1 is 1.25 bits per heavy atom. The van der Waals surface area contributed by atoms with Crippen molar-refractivity contribution in [1.82, 2.24) is 5.32 Å². The van der Waals surface area contributed by atoms with Gasteiger partial charge in [0.15, 0.2) is 0 Å². The first-order valence-electron chi connectivity index (χ1n) is 6.91. The van der Waals surface area contributed by atoms with E-state index in [0.29, 0.717) is 0 Å². The second kappa shape index (κ2) is 8.04. The molecule has 1 heterocycles.